The van der Waals surface area contributed by atoms with E-state index in [4.69, 9.17) is 28.0 Å². The standard InChI is InChI=1S/C87H125N25O26S/c1-42(2)29-57(74(126)105-61(33-48-36-93-41-97-48)77(129)103-58(30-45-16-20-49(116)21-17-45)75(127)109-63(37-113)80(132)98-44(5)70(122)101-56(85(137)138)14-9-27-95-87(91)92)106-82(134)66-15-10-28-112(66)84(136)65(39-115)110-76(128)59(31-46-18-22-50(117)23-19-46)107-83(135)69(43(3)4)111-79(131)60(32-47-35-96-53-12-7-6-11-51(47)53)104-81(133)64(38-114)108-72(124)54(13-8-26-94-86(89)90)99-73(125)55(24-25-67(118)119)100-78(130)62(34-68(120)121)102-71(123)52(88)40-139/h6-7,11-12,16-23,35-36,41-44,52,54-66,69,96,113-117,139H,8-10,13-15,24-34,37-40,88H2,1-5H3,(H,93,97)(H,98,132)(H,99,125)(H,100,130)(H,101,122)(H,102,123)(H,103,129)(H,104,133)(H,105,126)(H,106,134)(H,107,135)(H,108,124)(H,109,127)(H,110,128)(H,111,131)(H,118,119)(H,120,121)(H,137,138)(H4,89,90,94)(H4,91,92,95). The van der Waals surface area contributed by atoms with Gasteiger partial charge in [-0.1, -0.05) is 70.2 Å². The van der Waals surface area contributed by atoms with Gasteiger partial charge in [0, 0.05) is 80.8 Å². The highest BCUT2D eigenvalue weighted by Gasteiger charge is 2.43. The zero-order valence-electron chi connectivity index (χ0n) is 76.9. The van der Waals surface area contributed by atoms with Crippen molar-refractivity contribution in [3.63, 3.8) is 0 Å². The van der Waals surface area contributed by atoms with Crippen LogP contribution in [0.15, 0.2) is 91.5 Å². The summed E-state index contributed by atoms with van der Waals surface area (Å²) >= 11 is 3.93. The lowest BCUT2D eigenvalue weighted by atomic mass is 9.99. The number of carbonyl (C=O) groups excluding carboxylic acids is 15. The molecule has 760 valence electrons. The summed E-state index contributed by atoms with van der Waals surface area (Å²) in [6.07, 6.45) is -0.266. The van der Waals surface area contributed by atoms with Crippen molar-refractivity contribution in [3.8, 4) is 11.5 Å². The predicted molar refractivity (Wildman–Crippen MR) is 498 cm³/mol. The van der Waals surface area contributed by atoms with Gasteiger partial charge in [0.05, 0.1) is 44.3 Å². The Bertz CT molecular complexity index is 5110. The van der Waals surface area contributed by atoms with E-state index in [9.17, 15) is 122 Å². The molecule has 34 N–H and O–H groups in total. The number of para-hydroxylation sites is 1. The first-order chi connectivity index (χ1) is 65.8. The number of hydrogen-bond acceptors (Lipinski definition) is 28. The number of aromatic nitrogens is 3. The van der Waals surface area contributed by atoms with Crippen LogP contribution in [0.3, 0.4) is 0 Å². The molecule has 1 saturated heterocycles. The van der Waals surface area contributed by atoms with Gasteiger partial charge in [0.15, 0.2) is 11.9 Å². The summed E-state index contributed by atoms with van der Waals surface area (Å²) in [6, 6.07) is -9.15. The quantitative estimate of drug-likeness (QED) is 0.00744. The fourth-order valence-electron chi connectivity index (χ4n) is 14.5. The molecule has 5 aromatic rings. The van der Waals surface area contributed by atoms with Gasteiger partial charge in [0.25, 0.3) is 0 Å². The second kappa shape index (κ2) is 56.0. The fourth-order valence-corrected chi connectivity index (χ4v) is 14.7. The van der Waals surface area contributed by atoms with E-state index in [1.54, 1.807) is 38.1 Å². The molecule has 15 amide bonds. The lowest BCUT2D eigenvalue weighted by Gasteiger charge is -2.31. The molecule has 1 fully saturated rings. The van der Waals surface area contributed by atoms with Crippen LogP contribution in [0, 0.1) is 22.7 Å². The highest BCUT2D eigenvalue weighted by Crippen LogP contribution is 2.24. The second-order valence-electron chi connectivity index (χ2n) is 33.8. The van der Waals surface area contributed by atoms with Crippen LogP contribution in [0.5, 0.6) is 11.5 Å². The Morgan fingerprint density at radius 3 is 1.41 bits per heavy atom. The molecule has 3 heterocycles. The number of aromatic amines is 2. The molecule has 139 heavy (non-hydrogen) atoms. The van der Waals surface area contributed by atoms with Crippen molar-refractivity contribution in [2.24, 2.45) is 29.0 Å². The van der Waals surface area contributed by atoms with Gasteiger partial charge < -0.3 is 158 Å². The number of aliphatic hydroxyl groups is 3. The highest BCUT2D eigenvalue weighted by molar-refractivity contribution is 7.80. The summed E-state index contributed by atoms with van der Waals surface area (Å²) < 4.78 is 0. The molecule has 6 rings (SSSR count). The van der Waals surface area contributed by atoms with Crippen molar-refractivity contribution in [1.29, 1.82) is 10.8 Å². The summed E-state index contributed by atoms with van der Waals surface area (Å²) in [5.74, 6) is -23.6. The second-order valence-corrected chi connectivity index (χ2v) is 34.1. The lowest BCUT2D eigenvalue weighted by molar-refractivity contribution is -0.143. The predicted octanol–water partition coefficient (Wildman–Crippen LogP) is -7.74. The van der Waals surface area contributed by atoms with Crippen molar-refractivity contribution in [3.05, 3.63) is 114 Å². The van der Waals surface area contributed by atoms with E-state index in [0.717, 1.165) is 4.90 Å². The number of imidazole rings is 1. The molecular formula is C87H125N25O26S. The molecule has 1 aliphatic heterocycles. The molecule has 0 aliphatic carbocycles. The molecule has 51 nitrogen and oxygen atoms in total. The Morgan fingerprint density at radius 1 is 0.482 bits per heavy atom. The topological polar surface area (TPSA) is 835 Å². The fraction of sp³-hybridized carbons (Fsp3) is 0.506. The van der Waals surface area contributed by atoms with Gasteiger partial charge in [0.2, 0.25) is 88.6 Å². The van der Waals surface area contributed by atoms with Crippen molar-refractivity contribution in [1.82, 2.24) is 105 Å². The van der Waals surface area contributed by atoms with Gasteiger partial charge in [-0.05, 0) is 117 Å². The first kappa shape index (κ1) is 113. The van der Waals surface area contributed by atoms with Gasteiger partial charge in [0.1, 0.15) is 102 Å². The third-order valence-corrected chi connectivity index (χ3v) is 22.4. The van der Waals surface area contributed by atoms with E-state index < -0.39 is 261 Å². The Morgan fingerprint density at radius 2 is 0.921 bits per heavy atom. The Hall–Kier alpha value is -14.8. The molecule has 3 aromatic carbocycles. The normalized spacial score (nSPS) is 15.5. The van der Waals surface area contributed by atoms with Gasteiger partial charge in [-0.25, -0.2) is 9.78 Å². The molecule has 52 heteroatoms. The number of fused-ring (bicyclic) bond motifs is 1. The smallest absolute Gasteiger partial charge is 0.326 e. The number of hydrogen-bond donors (Lipinski definition) is 32. The van der Waals surface area contributed by atoms with E-state index in [2.05, 4.69) is 113 Å². The molecule has 16 atom stereocenters. The average Bonchev–Trinajstić information content (AvgIpc) is 1.68. The average molecular weight is 1970 g/mol. The maximum Gasteiger partial charge on any atom is 0.326 e. The Balaban J connectivity index is 1.21. The number of thiol groups is 1. The van der Waals surface area contributed by atoms with Crippen LogP contribution < -0.4 is 102 Å². The third-order valence-electron chi connectivity index (χ3n) is 22.0. The number of amides is 15. The molecular weight excluding hydrogens is 1840 g/mol. The number of H-pyrrole nitrogens is 2. The summed E-state index contributed by atoms with van der Waals surface area (Å²) in [7, 11) is 0. The Kier molecular flexibility index (Phi) is 45.5. The van der Waals surface area contributed by atoms with Crippen LogP contribution in [0.4, 0.5) is 0 Å². The van der Waals surface area contributed by atoms with E-state index in [-0.39, 0.29) is 119 Å². The van der Waals surface area contributed by atoms with Crippen LogP contribution in [-0.4, -0.2) is 321 Å². The number of nitrogens with one attached hydrogen (secondary N) is 20. The van der Waals surface area contributed by atoms with Crippen molar-refractivity contribution >= 4 is 142 Å². The number of benzene rings is 3. The SMILES string of the molecule is CC(C)CC(NC(=O)C1CCCN1C(=O)C(CO)NC(=O)C(Cc1ccc(O)cc1)NC(=O)C(NC(=O)C(Cc1c[nH]c2ccccc12)NC(=O)C(CO)NC(=O)C(CCCNC(=N)N)NC(=O)C(CCC(=O)O)NC(=O)C(CC(=O)O)NC(=O)C(N)CS)C(C)C)C(=O)NC(Cc1c[nH]cn1)C(=O)NC(Cc1ccc(O)cc1)C(=O)NC(CO)C(=O)NC(C)C(=O)NC(CCCNC(=N)N)C(=O)O. The molecule has 16 unspecified atom stereocenters. The number of aromatic hydroxyl groups is 2. The van der Waals surface area contributed by atoms with E-state index >= 15 is 4.79 Å². The molecule has 0 radical (unpaired) electrons. The third kappa shape index (κ3) is 37.0. The number of guanidine groups is 2. The molecule has 0 saturated carbocycles. The van der Waals surface area contributed by atoms with Crippen LogP contribution >= 0.6 is 12.6 Å². The minimum Gasteiger partial charge on any atom is -0.508 e. The summed E-state index contributed by atoms with van der Waals surface area (Å²) in [6.45, 7) is 4.06. The van der Waals surface area contributed by atoms with Gasteiger partial charge >= 0.3 is 17.9 Å². The van der Waals surface area contributed by atoms with Crippen LogP contribution in [0.1, 0.15) is 121 Å². The minimum absolute atomic E-state index is 0.0394. The summed E-state index contributed by atoms with van der Waals surface area (Å²) in [5, 5.41) is 136. The first-order valence-corrected chi connectivity index (χ1v) is 45.1. The number of nitrogens with zero attached hydrogens (tertiary/aromatic N) is 2. The molecule has 2 aromatic heterocycles. The maximum absolute atomic E-state index is 15.1. The van der Waals surface area contributed by atoms with Crippen molar-refractivity contribution in [2.45, 2.75) is 221 Å². The summed E-state index contributed by atoms with van der Waals surface area (Å²) in [4.78, 5) is 262. The molecule has 0 spiro atoms. The van der Waals surface area contributed by atoms with Crippen molar-refractivity contribution < 1.29 is 127 Å². The molecule has 1 aliphatic rings. The number of aliphatic hydroxyl groups excluding tert-OH is 3. The van der Waals surface area contributed by atoms with Gasteiger partial charge in [-0.2, -0.15) is 12.6 Å². The van der Waals surface area contributed by atoms with Gasteiger partial charge in [-0.3, -0.25) is 92.3 Å². The minimum atomic E-state index is -1.99. The highest BCUT2D eigenvalue weighted by atomic mass is 32.1. The van der Waals surface area contributed by atoms with Crippen LogP contribution in [0.2, 0.25) is 0 Å². The number of likely N-dealkylation sites (tertiary alicyclic amines) is 1. The zero-order chi connectivity index (χ0) is 103. The Labute approximate surface area is 802 Å². The number of phenols is 2. The van der Waals surface area contributed by atoms with E-state index in [0.29, 0.717) is 27.6 Å². The monoisotopic (exact) mass is 1970 g/mol. The zero-order valence-corrected chi connectivity index (χ0v) is 77.8. The van der Waals surface area contributed by atoms with Crippen LogP contribution in [-0.2, 0) is 112 Å². The number of aliphatic carboxylic acids is 3. The van der Waals surface area contributed by atoms with E-state index in [1.807, 2.05) is 0 Å². The largest absolute Gasteiger partial charge is 0.508 e. The number of carboxylic acids is 3. The first-order valence-electron chi connectivity index (χ1n) is 44.5. The number of phenolic OH excluding ortho intramolecular Hbond substituents is 2. The number of carboxylic acid groups (broad SMARTS) is 3. The number of carbonyl (C=O) groups is 18. The number of rotatable bonds is 58. The van der Waals surface area contributed by atoms with E-state index in [1.165, 1.54) is 88.0 Å². The molecule has 0 bridgehead atoms. The van der Waals surface area contributed by atoms with Crippen molar-refractivity contribution in [2.75, 3.05) is 45.2 Å². The summed E-state index contributed by atoms with van der Waals surface area (Å²) in [5.41, 5.74) is 18.3. The number of nitrogens with two attached hydrogens (primary N) is 3. The maximum atomic E-state index is 15.1. The van der Waals surface area contributed by atoms with Crippen LogP contribution in [0.25, 0.3) is 10.9 Å². The lowest BCUT2D eigenvalue weighted by Crippen LogP contribution is -2.62. The van der Waals surface area contributed by atoms with Gasteiger partial charge in [-0.15, -0.1) is 0 Å².